The molecule has 2 heterocycles. The summed E-state index contributed by atoms with van der Waals surface area (Å²) in [6.45, 7) is 5.32. The molecule has 0 saturated carbocycles. The highest BCUT2D eigenvalue weighted by Crippen LogP contribution is 2.29. The Balaban J connectivity index is 2.00. The molecule has 1 amide bonds. The van der Waals surface area contributed by atoms with Crippen LogP contribution in [0, 0.1) is 10.1 Å². The number of alkyl halides is 1. The van der Waals surface area contributed by atoms with Crippen molar-refractivity contribution < 1.29 is 18.8 Å². The zero-order valence-corrected chi connectivity index (χ0v) is 12.7. The molecule has 0 aliphatic carbocycles. The van der Waals surface area contributed by atoms with Crippen molar-refractivity contribution in [3.8, 4) is 0 Å². The normalized spacial score (nSPS) is 22.5. The van der Waals surface area contributed by atoms with E-state index in [1.54, 1.807) is 20.8 Å². The van der Waals surface area contributed by atoms with Crippen molar-refractivity contribution in [3.05, 3.63) is 22.5 Å². The first-order valence-corrected chi connectivity index (χ1v) is 6.99. The average Bonchev–Trinajstić information content (AvgIpc) is 2.85. The van der Waals surface area contributed by atoms with E-state index in [0.717, 1.165) is 11.1 Å². The van der Waals surface area contributed by atoms with Gasteiger partial charge in [-0.05, 0) is 27.2 Å². The van der Waals surface area contributed by atoms with Crippen molar-refractivity contribution in [2.24, 2.45) is 0 Å². The summed E-state index contributed by atoms with van der Waals surface area (Å²) in [5.74, 6) is 0. The van der Waals surface area contributed by atoms with Gasteiger partial charge in [-0.1, -0.05) is 0 Å². The maximum Gasteiger partial charge on any atom is 0.412 e. The standard InChI is InChI=1S/C13H19FN4O4/c1-13(2,3)22-12(19)16-5-4-9(6-11(16)14)17-8-10(7-15-17)18(20)21/h7-9,11H,4-6H2,1-3H3. The van der Waals surface area contributed by atoms with E-state index in [9.17, 15) is 19.3 Å². The number of nitro groups is 1. The zero-order valence-electron chi connectivity index (χ0n) is 12.7. The molecule has 122 valence electrons. The largest absolute Gasteiger partial charge is 0.444 e. The maximum atomic E-state index is 14.2. The van der Waals surface area contributed by atoms with Gasteiger partial charge in [-0.25, -0.2) is 9.18 Å². The second kappa shape index (κ2) is 5.90. The number of halogens is 1. The molecule has 0 N–H and O–H groups in total. The third-order valence-corrected chi connectivity index (χ3v) is 3.31. The summed E-state index contributed by atoms with van der Waals surface area (Å²) < 4.78 is 20.8. The smallest absolute Gasteiger partial charge is 0.412 e. The summed E-state index contributed by atoms with van der Waals surface area (Å²) in [5, 5.41) is 14.5. The van der Waals surface area contributed by atoms with E-state index in [-0.39, 0.29) is 24.7 Å². The molecule has 1 aliphatic heterocycles. The Morgan fingerprint density at radius 1 is 1.55 bits per heavy atom. The van der Waals surface area contributed by atoms with Crippen LogP contribution in [0.5, 0.6) is 0 Å². The Morgan fingerprint density at radius 2 is 2.23 bits per heavy atom. The van der Waals surface area contributed by atoms with Crippen molar-refractivity contribution in [3.63, 3.8) is 0 Å². The lowest BCUT2D eigenvalue weighted by molar-refractivity contribution is -0.385. The van der Waals surface area contributed by atoms with Gasteiger partial charge in [0.25, 0.3) is 0 Å². The second-order valence-electron chi connectivity index (χ2n) is 6.22. The van der Waals surface area contributed by atoms with Gasteiger partial charge in [-0.15, -0.1) is 0 Å². The number of carbonyl (C=O) groups is 1. The number of hydrogen-bond donors (Lipinski definition) is 0. The van der Waals surface area contributed by atoms with Gasteiger partial charge in [0, 0.05) is 13.0 Å². The van der Waals surface area contributed by atoms with Crippen molar-refractivity contribution in [1.82, 2.24) is 14.7 Å². The minimum Gasteiger partial charge on any atom is -0.444 e. The molecule has 0 bridgehead atoms. The number of ether oxygens (including phenoxy) is 1. The number of likely N-dealkylation sites (tertiary alicyclic amines) is 1. The summed E-state index contributed by atoms with van der Waals surface area (Å²) in [4.78, 5) is 23.0. The first kappa shape index (κ1) is 16.2. The Hall–Kier alpha value is -2.19. The number of nitrogens with zero attached hydrogens (tertiary/aromatic N) is 4. The third-order valence-electron chi connectivity index (χ3n) is 3.31. The van der Waals surface area contributed by atoms with E-state index in [1.807, 2.05) is 0 Å². The Labute approximate surface area is 127 Å². The highest BCUT2D eigenvalue weighted by atomic mass is 19.1. The Morgan fingerprint density at radius 3 is 2.73 bits per heavy atom. The maximum absolute atomic E-state index is 14.2. The first-order valence-electron chi connectivity index (χ1n) is 6.99. The molecule has 2 unspecified atom stereocenters. The topological polar surface area (TPSA) is 90.5 Å². The van der Waals surface area contributed by atoms with Gasteiger partial charge in [0.1, 0.15) is 18.0 Å². The van der Waals surface area contributed by atoms with E-state index in [1.165, 1.54) is 10.9 Å². The molecule has 1 aromatic heterocycles. The summed E-state index contributed by atoms with van der Waals surface area (Å²) in [6.07, 6.45) is 0.701. The lowest BCUT2D eigenvalue weighted by Gasteiger charge is -2.35. The molecule has 9 heteroatoms. The molecule has 1 aliphatic rings. The molecule has 0 spiro atoms. The average molecular weight is 314 g/mol. The predicted octanol–water partition coefficient (Wildman–Crippen LogP) is 2.66. The van der Waals surface area contributed by atoms with Crippen LogP contribution in [0.25, 0.3) is 0 Å². The fourth-order valence-electron chi connectivity index (χ4n) is 2.29. The van der Waals surface area contributed by atoms with Crippen LogP contribution in [0.2, 0.25) is 0 Å². The van der Waals surface area contributed by atoms with E-state index in [2.05, 4.69) is 5.10 Å². The molecule has 8 nitrogen and oxygen atoms in total. The Kier molecular flexibility index (Phi) is 4.34. The first-order chi connectivity index (χ1) is 10.2. The molecular formula is C13H19FN4O4. The zero-order chi connectivity index (χ0) is 16.5. The van der Waals surface area contributed by atoms with Gasteiger partial charge in [0.05, 0.1) is 11.0 Å². The molecule has 1 saturated heterocycles. The van der Waals surface area contributed by atoms with Crippen LogP contribution in [0.15, 0.2) is 12.4 Å². The Bertz CT molecular complexity index is 569. The van der Waals surface area contributed by atoms with E-state index >= 15 is 0 Å². The van der Waals surface area contributed by atoms with Crippen LogP contribution in [-0.4, -0.2) is 44.1 Å². The number of rotatable bonds is 2. The van der Waals surface area contributed by atoms with Crippen LogP contribution < -0.4 is 0 Å². The molecule has 1 aromatic rings. The molecule has 1 fully saturated rings. The highest BCUT2D eigenvalue weighted by Gasteiger charge is 2.35. The van der Waals surface area contributed by atoms with Gasteiger partial charge in [0.2, 0.25) is 0 Å². The minimum absolute atomic E-state index is 0.0259. The lowest BCUT2D eigenvalue weighted by atomic mass is 10.0. The number of piperidine rings is 1. The summed E-state index contributed by atoms with van der Waals surface area (Å²) in [6, 6.07) is -0.317. The monoisotopic (exact) mass is 314 g/mol. The van der Waals surface area contributed by atoms with E-state index in [4.69, 9.17) is 4.74 Å². The van der Waals surface area contributed by atoms with Crippen molar-refractivity contribution in [2.45, 2.75) is 51.6 Å². The highest BCUT2D eigenvalue weighted by molar-refractivity contribution is 5.68. The van der Waals surface area contributed by atoms with Gasteiger partial charge >= 0.3 is 11.8 Å². The van der Waals surface area contributed by atoms with Crippen LogP contribution in [0.1, 0.15) is 39.7 Å². The third kappa shape index (κ3) is 3.71. The van der Waals surface area contributed by atoms with E-state index in [0.29, 0.717) is 6.42 Å². The van der Waals surface area contributed by atoms with Crippen molar-refractivity contribution in [1.29, 1.82) is 0 Å². The molecule has 0 aromatic carbocycles. The summed E-state index contributed by atoms with van der Waals surface area (Å²) in [5.41, 5.74) is -0.819. The lowest BCUT2D eigenvalue weighted by Crippen LogP contribution is -2.46. The van der Waals surface area contributed by atoms with Gasteiger partial charge in [0.15, 0.2) is 6.30 Å². The molecule has 2 atom stereocenters. The minimum atomic E-state index is -1.50. The van der Waals surface area contributed by atoms with Crippen LogP contribution in [-0.2, 0) is 4.74 Å². The summed E-state index contributed by atoms with van der Waals surface area (Å²) >= 11 is 0. The molecule has 0 radical (unpaired) electrons. The van der Waals surface area contributed by atoms with Crippen LogP contribution in [0.4, 0.5) is 14.9 Å². The van der Waals surface area contributed by atoms with Gasteiger partial charge in [-0.3, -0.25) is 19.7 Å². The predicted molar refractivity (Wildman–Crippen MR) is 75.0 cm³/mol. The number of amides is 1. The quantitative estimate of drug-likeness (QED) is 0.475. The van der Waals surface area contributed by atoms with Crippen LogP contribution >= 0.6 is 0 Å². The van der Waals surface area contributed by atoms with E-state index < -0.39 is 22.9 Å². The second-order valence-corrected chi connectivity index (χ2v) is 6.22. The van der Waals surface area contributed by atoms with Gasteiger partial charge in [-0.2, -0.15) is 5.10 Å². The fraction of sp³-hybridized carbons (Fsp3) is 0.692. The van der Waals surface area contributed by atoms with Crippen molar-refractivity contribution >= 4 is 11.8 Å². The molecular weight excluding hydrogens is 295 g/mol. The summed E-state index contributed by atoms with van der Waals surface area (Å²) in [7, 11) is 0. The number of aromatic nitrogens is 2. The molecule has 2 rings (SSSR count). The SMILES string of the molecule is CC(C)(C)OC(=O)N1CCC(n2cc([N+](=O)[O-])cn2)CC1F. The van der Waals surface area contributed by atoms with Crippen molar-refractivity contribution in [2.75, 3.05) is 6.54 Å². The number of hydrogen-bond acceptors (Lipinski definition) is 5. The number of carbonyl (C=O) groups excluding carboxylic acids is 1. The van der Waals surface area contributed by atoms with Crippen LogP contribution in [0.3, 0.4) is 0 Å². The fourth-order valence-corrected chi connectivity index (χ4v) is 2.29. The van der Waals surface area contributed by atoms with Gasteiger partial charge < -0.3 is 4.74 Å². The molecule has 22 heavy (non-hydrogen) atoms.